The number of hydrogen-bond donors (Lipinski definition) is 1. The second kappa shape index (κ2) is 6.30. The first-order chi connectivity index (χ1) is 10.6. The van der Waals surface area contributed by atoms with Crippen molar-refractivity contribution in [2.75, 3.05) is 10.9 Å². The zero-order chi connectivity index (χ0) is 17.4. The molecular weight excluding hydrogens is 318 g/mol. The SMILES string of the molecule is CCCOC1Oc2ccc(N(C(C)C)S(=O)(=O)O)cc2C1(C)C. The number of anilines is 1. The Bertz CT molecular complexity index is 669. The zero-order valence-electron chi connectivity index (χ0n) is 14.2. The molecule has 1 unspecified atom stereocenters. The Hall–Kier alpha value is -1.31. The van der Waals surface area contributed by atoms with Gasteiger partial charge in [-0.25, -0.2) is 4.31 Å². The van der Waals surface area contributed by atoms with E-state index in [0.29, 0.717) is 18.0 Å². The van der Waals surface area contributed by atoms with Gasteiger partial charge in [0.05, 0.1) is 17.7 Å². The highest BCUT2D eigenvalue weighted by atomic mass is 32.2. The third-order valence-corrected chi connectivity index (χ3v) is 5.06. The molecule has 0 saturated carbocycles. The Morgan fingerprint density at radius 2 is 2.04 bits per heavy atom. The third-order valence-electron chi connectivity index (χ3n) is 3.93. The molecule has 130 valence electrons. The van der Waals surface area contributed by atoms with E-state index in [4.69, 9.17) is 9.47 Å². The van der Waals surface area contributed by atoms with Crippen molar-refractivity contribution in [3.63, 3.8) is 0 Å². The van der Waals surface area contributed by atoms with E-state index in [-0.39, 0.29) is 0 Å². The van der Waals surface area contributed by atoms with Crippen molar-refractivity contribution >= 4 is 16.0 Å². The van der Waals surface area contributed by atoms with Crippen LogP contribution in [0, 0.1) is 0 Å². The van der Waals surface area contributed by atoms with Crippen molar-refractivity contribution in [2.45, 2.75) is 58.8 Å². The van der Waals surface area contributed by atoms with Crippen molar-refractivity contribution in [3.05, 3.63) is 23.8 Å². The average Bonchev–Trinajstić information content (AvgIpc) is 2.66. The minimum Gasteiger partial charge on any atom is -0.464 e. The first-order valence-corrected chi connectivity index (χ1v) is 9.18. The van der Waals surface area contributed by atoms with Gasteiger partial charge in [0.25, 0.3) is 0 Å². The summed E-state index contributed by atoms with van der Waals surface area (Å²) in [4.78, 5) is 0. The Kier molecular flexibility index (Phi) is 4.94. The number of rotatable bonds is 6. The largest absolute Gasteiger partial charge is 0.464 e. The molecule has 0 aliphatic carbocycles. The van der Waals surface area contributed by atoms with Gasteiger partial charge in [-0.1, -0.05) is 6.92 Å². The molecule has 23 heavy (non-hydrogen) atoms. The molecule has 0 aromatic heterocycles. The Labute approximate surface area is 138 Å². The Morgan fingerprint density at radius 1 is 1.39 bits per heavy atom. The van der Waals surface area contributed by atoms with Gasteiger partial charge in [-0.15, -0.1) is 0 Å². The maximum atomic E-state index is 11.7. The maximum Gasteiger partial charge on any atom is 0.360 e. The van der Waals surface area contributed by atoms with Crippen molar-refractivity contribution in [1.82, 2.24) is 0 Å². The number of benzene rings is 1. The maximum absolute atomic E-state index is 11.7. The number of ether oxygens (including phenoxy) is 2. The van der Waals surface area contributed by atoms with Gasteiger partial charge in [0.1, 0.15) is 5.75 Å². The summed E-state index contributed by atoms with van der Waals surface area (Å²) < 4.78 is 45.4. The van der Waals surface area contributed by atoms with Gasteiger partial charge in [0.15, 0.2) is 0 Å². The van der Waals surface area contributed by atoms with Gasteiger partial charge in [-0.2, -0.15) is 8.42 Å². The second-order valence-corrected chi connectivity index (χ2v) is 7.88. The topological polar surface area (TPSA) is 76.1 Å². The monoisotopic (exact) mass is 343 g/mol. The molecule has 1 N–H and O–H groups in total. The minimum absolute atomic E-state index is 0.402. The standard InChI is InChI=1S/C16H25NO5S/c1-6-9-21-15-16(4,5)13-10-12(7-8-14(13)22-15)17(11(2)3)23(18,19)20/h7-8,10-11,15H,6,9H2,1-5H3,(H,18,19,20). The molecule has 0 radical (unpaired) electrons. The zero-order valence-corrected chi connectivity index (χ0v) is 15.1. The molecule has 1 heterocycles. The van der Waals surface area contributed by atoms with Crippen molar-refractivity contribution < 1.29 is 22.4 Å². The predicted octanol–water partition coefficient (Wildman–Crippen LogP) is 3.13. The molecule has 0 saturated heterocycles. The van der Waals surface area contributed by atoms with Crippen LogP contribution in [0.4, 0.5) is 5.69 Å². The molecule has 6 nitrogen and oxygen atoms in total. The lowest BCUT2D eigenvalue weighted by Gasteiger charge is -2.27. The van der Waals surface area contributed by atoms with E-state index in [1.807, 2.05) is 20.8 Å². The van der Waals surface area contributed by atoms with Crippen LogP contribution in [0.2, 0.25) is 0 Å². The molecular formula is C16H25NO5S. The van der Waals surface area contributed by atoms with Crippen LogP contribution in [0.3, 0.4) is 0 Å². The summed E-state index contributed by atoms with van der Waals surface area (Å²) in [5.74, 6) is 0.680. The summed E-state index contributed by atoms with van der Waals surface area (Å²) in [5.41, 5.74) is 0.863. The molecule has 7 heteroatoms. The van der Waals surface area contributed by atoms with Gasteiger partial charge >= 0.3 is 10.3 Å². The van der Waals surface area contributed by atoms with Crippen LogP contribution in [0.15, 0.2) is 18.2 Å². The van der Waals surface area contributed by atoms with Gasteiger partial charge in [-0.3, -0.25) is 4.55 Å². The molecule has 1 atom stereocenters. The van der Waals surface area contributed by atoms with Gasteiger partial charge in [0, 0.05) is 11.6 Å². The van der Waals surface area contributed by atoms with E-state index in [2.05, 4.69) is 0 Å². The van der Waals surface area contributed by atoms with E-state index < -0.39 is 28.1 Å². The molecule has 1 aliphatic heterocycles. The van der Waals surface area contributed by atoms with E-state index in [0.717, 1.165) is 16.3 Å². The van der Waals surface area contributed by atoms with E-state index in [9.17, 15) is 13.0 Å². The van der Waals surface area contributed by atoms with Crippen LogP contribution in [-0.2, 0) is 20.5 Å². The van der Waals surface area contributed by atoms with Crippen LogP contribution in [0.25, 0.3) is 0 Å². The fourth-order valence-corrected chi connectivity index (χ4v) is 3.73. The van der Waals surface area contributed by atoms with Crippen molar-refractivity contribution in [3.8, 4) is 5.75 Å². The van der Waals surface area contributed by atoms with E-state index in [1.165, 1.54) is 0 Å². The van der Waals surface area contributed by atoms with Gasteiger partial charge < -0.3 is 9.47 Å². The number of hydrogen-bond acceptors (Lipinski definition) is 4. The highest BCUT2D eigenvalue weighted by Crippen LogP contribution is 2.45. The summed E-state index contributed by atoms with van der Waals surface area (Å²) in [6.07, 6.45) is 0.479. The highest BCUT2D eigenvalue weighted by molar-refractivity contribution is 7.87. The lowest BCUT2D eigenvalue weighted by molar-refractivity contribution is -0.102. The fraction of sp³-hybridized carbons (Fsp3) is 0.625. The molecule has 0 bridgehead atoms. The van der Waals surface area contributed by atoms with Crippen molar-refractivity contribution in [1.29, 1.82) is 0 Å². The Morgan fingerprint density at radius 3 is 2.57 bits per heavy atom. The van der Waals surface area contributed by atoms with E-state index >= 15 is 0 Å². The lowest BCUT2D eigenvalue weighted by atomic mass is 9.85. The molecule has 1 aliphatic rings. The lowest BCUT2D eigenvalue weighted by Crippen LogP contribution is -2.37. The number of nitrogens with zero attached hydrogens (tertiary/aromatic N) is 1. The van der Waals surface area contributed by atoms with Crippen molar-refractivity contribution in [2.24, 2.45) is 0 Å². The molecule has 0 amide bonds. The van der Waals surface area contributed by atoms with Crippen LogP contribution in [0.1, 0.15) is 46.6 Å². The van der Waals surface area contributed by atoms with Gasteiger partial charge in [0.2, 0.25) is 6.29 Å². The van der Waals surface area contributed by atoms with Crippen LogP contribution >= 0.6 is 0 Å². The first-order valence-electron chi connectivity index (χ1n) is 7.78. The smallest absolute Gasteiger partial charge is 0.360 e. The molecule has 2 rings (SSSR count). The summed E-state index contributed by atoms with van der Waals surface area (Å²) in [5, 5.41) is 0. The second-order valence-electron chi connectivity index (χ2n) is 6.59. The van der Waals surface area contributed by atoms with Crippen LogP contribution < -0.4 is 9.04 Å². The Balaban J connectivity index is 2.42. The summed E-state index contributed by atoms with van der Waals surface area (Å²) in [6.45, 7) is 10.0. The summed E-state index contributed by atoms with van der Waals surface area (Å²) >= 11 is 0. The minimum atomic E-state index is -4.34. The average molecular weight is 343 g/mol. The molecule has 1 aromatic rings. The molecule has 0 spiro atoms. The molecule has 0 fully saturated rings. The fourth-order valence-electron chi connectivity index (χ4n) is 2.82. The number of fused-ring (bicyclic) bond motifs is 1. The first kappa shape index (κ1) is 18.0. The molecule has 1 aromatic carbocycles. The van der Waals surface area contributed by atoms with Gasteiger partial charge in [-0.05, 0) is 52.3 Å². The van der Waals surface area contributed by atoms with Crippen LogP contribution in [0.5, 0.6) is 5.75 Å². The summed E-state index contributed by atoms with van der Waals surface area (Å²) in [7, 11) is -4.34. The normalized spacial score (nSPS) is 19.5. The predicted molar refractivity (Wildman–Crippen MR) is 89.3 cm³/mol. The third kappa shape index (κ3) is 3.46. The highest BCUT2D eigenvalue weighted by Gasteiger charge is 2.43. The van der Waals surface area contributed by atoms with E-state index in [1.54, 1.807) is 32.0 Å². The van der Waals surface area contributed by atoms with Crippen LogP contribution in [-0.4, -0.2) is 31.9 Å². The summed E-state index contributed by atoms with van der Waals surface area (Å²) in [6, 6.07) is 4.70. The quantitative estimate of drug-likeness (QED) is 0.803.